The fourth-order valence-electron chi connectivity index (χ4n) is 5.55. The Kier molecular flexibility index (Phi) is 5.00. The van der Waals surface area contributed by atoms with E-state index in [1.807, 2.05) is 0 Å². The lowest BCUT2D eigenvalue weighted by Crippen LogP contribution is -2.73. The molecule has 0 aliphatic heterocycles. The number of carbonyl (C=O) groups excluding carboxylic acids is 3. The standard InChI is InChI=1S/C22H23ClN2O9/c1-20(32)7-6-10-21(33,17(29)13(19(24)31)18(30)22(10,34)25(2)3)16(28)11(7)15(27)12-9(26)5-4-8(23)14(12)20/h4-5,7,10,26-27,30,32-34H,6H2,1-3H3,(H2,24,31)/t7-,10+,20-,21-,22?/m0/s1. The highest BCUT2D eigenvalue weighted by Crippen LogP contribution is 2.59. The van der Waals surface area contributed by atoms with Crippen LogP contribution in [0.4, 0.5) is 0 Å². The van der Waals surface area contributed by atoms with Gasteiger partial charge in [-0.1, -0.05) is 11.6 Å². The van der Waals surface area contributed by atoms with E-state index >= 15 is 0 Å². The van der Waals surface area contributed by atoms with E-state index in [4.69, 9.17) is 17.3 Å². The second kappa shape index (κ2) is 7.03. The van der Waals surface area contributed by atoms with Crippen molar-refractivity contribution in [2.24, 2.45) is 17.6 Å². The van der Waals surface area contributed by atoms with E-state index in [0.717, 1.165) is 11.0 Å². The second-order valence-electron chi connectivity index (χ2n) is 9.20. The maximum atomic E-state index is 13.7. The number of primary amides is 1. The summed E-state index contributed by atoms with van der Waals surface area (Å²) in [6, 6.07) is 2.40. The normalized spacial score (nSPS) is 35.3. The number of Topliss-reactive ketones (excluding diaryl/α,β-unsaturated/α-hetero) is 2. The first kappa shape index (κ1) is 24.2. The van der Waals surface area contributed by atoms with Gasteiger partial charge in [0.25, 0.3) is 5.91 Å². The molecule has 34 heavy (non-hydrogen) atoms. The summed E-state index contributed by atoms with van der Waals surface area (Å²) in [5.74, 6) is -10.1. The number of rotatable bonds is 2. The number of phenols is 1. The topological polar surface area (TPSA) is 202 Å². The van der Waals surface area contributed by atoms with Crippen LogP contribution in [0.5, 0.6) is 5.75 Å². The molecule has 0 heterocycles. The molecule has 182 valence electrons. The van der Waals surface area contributed by atoms with Gasteiger partial charge in [-0.3, -0.25) is 19.3 Å². The third-order valence-corrected chi connectivity index (χ3v) is 7.61. The minimum Gasteiger partial charge on any atom is -0.507 e. The van der Waals surface area contributed by atoms with E-state index in [1.54, 1.807) is 0 Å². The number of likely N-dealkylation sites (N-methyl/N-ethyl adjacent to an activating group) is 1. The molecule has 1 unspecified atom stereocenters. The number of nitrogens with two attached hydrogens (primary N) is 1. The average Bonchev–Trinajstić information content (AvgIpc) is 2.73. The second-order valence-corrected chi connectivity index (χ2v) is 9.61. The molecule has 0 bridgehead atoms. The van der Waals surface area contributed by atoms with Crippen molar-refractivity contribution in [3.63, 3.8) is 0 Å². The average molecular weight is 495 g/mol. The molecule has 0 radical (unpaired) electrons. The van der Waals surface area contributed by atoms with Crippen LogP contribution in [0.25, 0.3) is 5.76 Å². The zero-order valence-corrected chi connectivity index (χ0v) is 19.1. The summed E-state index contributed by atoms with van der Waals surface area (Å²) in [5.41, 5.74) is -4.84. The molecule has 0 aromatic heterocycles. The van der Waals surface area contributed by atoms with Gasteiger partial charge in [0.05, 0.1) is 17.1 Å². The molecule has 11 nitrogen and oxygen atoms in total. The fraction of sp³-hybridized carbons (Fsp3) is 0.409. The molecule has 8 N–H and O–H groups in total. The number of hydrogen-bond acceptors (Lipinski definition) is 10. The summed E-state index contributed by atoms with van der Waals surface area (Å²) in [5, 5.41) is 66.5. The van der Waals surface area contributed by atoms with Crippen LogP contribution in [0.15, 0.2) is 29.0 Å². The molecule has 1 fully saturated rings. The molecule has 0 saturated heterocycles. The maximum absolute atomic E-state index is 13.7. The Morgan fingerprint density at radius 2 is 1.71 bits per heavy atom. The smallest absolute Gasteiger partial charge is 0.256 e. The molecule has 1 aromatic rings. The van der Waals surface area contributed by atoms with Crippen molar-refractivity contribution in [1.82, 2.24) is 4.90 Å². The zero-order valence-electron chi connectivity index (χ0n) is 18.3. The number of fused-ring (bicyclic) bond motifs is 3. The Balaban J connectivity index is 2.09. The Labute approximate surface area is 198 Å². The highest BCUT2D eigenvalue weighted by molar-refractivity contribution is 6.34. The molecule has 12 heteroatoms. The molecule has 4 rings (SSSR count). The quantitative estimate of drug-likeness (QED) is 0.161. The molecule has 3 aliphatic rings. The Morgan fingerprint density at radius 1 is 1.12 bits per heavy atom. The Hall–Kier alpha value is -2.96. The van der Waals surface area contributed by atoms with Gasteiger partial charge in [-0.05, 0) is 39.6 Å². The number of aliphatic hydroxyl groups excluding tert-OH is 2. The highest BCUT2D eigenvalue weighted by atomic mass is 35.5. The van der Waals surface area contributed by atoms with Crippen LogP contribution in [0.1, 0.15) is 24.5 Å². The van der Waals surface area contributed by atoms with Crippen molar-refractivity contribution in [2.45, 2.75) is 30.3 Å². The number of benzene rings is 1. The van der Waals surface area contributed by atoms with E-state index in [1.165, 1.54) is 27.1 Å². The zero-order chi connectivity index (χ0) is 25.7. The van der Waals surface area contributed by atoms with E-state index in [-0.39, 0.29) is 16.1 Å². The van der Waals surface area contributed by atoms with Crippen molar-refractivity contribution in [3.8, 4) is 5.75 Å². The van der Waals surface area contributed by atoms with Crippen LogP contribution in [-0.2, 0) is 20.0 Å². The first-order chi connectivity index (χ1) is 15.5. The van der Waals surface area contributed by atoms with Crippen molar-refractivity contribution < 1.29 is 45.0 Å². The van der Waals surface area contributed by atoms with Crippen LogP contribution in [0, 0.1) is 11.8 Å². The summed E-state index contributed by atoms with van der Waals surface area (Å²) in [4.78, 5) is 39.9. The summed E-state index contributed by atoms with van der Waals surface area (Å²) in [6.45, 7) is 1.26. The minimum atomic E-state index is -3.14. The molecular weight excluding hydrogens is 472 g/mol. The molecule has 1 saturated carbocycles. The first-order valence-corrected chi connectivity index (χ1v) is 10.6. The number of phenolic OH excluding ortho intramolecular Hbond substituents is 1. The van der Waals surface area contributed by atoms with Gasteiger partial charge in [0, 0.05) is 22.1 Å². The summed E-state index contributed by atoms with van der Waals surface area (Å²) in [6.07, 6.45) is -0.531. The lowest BCUT2D eigenvalue weighted by Gasteiger charge is -2.55. The predicted molar refractivity (Wildman–Crippen MR) is 116 cm³/mol. The van der Waals surface area contributed by atoms with E-state index in [0.29, 0.717) is 0 Å². The van der Waals surface area contributed by atoms with Gasteiger partial charge in [-0.2, -0.15) is 0 Å². The summed E-state index contributed by atoms with van der Waals surface area (Å²) >= 11 is 6.25. The van der Waals surface area contributed by atoms with Crippen LogP contribution in [0.2, 0.25) is 5.02 Å². The maximum Gasteiger partial charge on any atom is 0.256 e. The SMILES string of the molecule is CN(C)C1(O)C(O)=C(C(N)=O)C(=O)[C@@]2(O)C(=O)C3=C(O)c4c(O)ccc(Cl)c4[C@@](C)(O)[C@H]3C[C@@H]12. The monoisotopic (exact) mass is 494 g/mol. The van der Waals surface area contributed by atoms with Gasteiger partial charge in [0.15, 0.2) is 17.1 Å². The number of aliphatic hydroxyl groups is 5. The molecule has 0 spiro atoms. The highest BCUT2D eigenvalue weighted by Gasteiger charge is 2.71. The van der Waals surface area contributed by atoms with Crippen molar-refractivity contribution in [1.29, 1.82) is 0 Å². The number of halogens is 1. The lowest BCUT2D eigenvalue weighted by atomic mass is 9.53. The van der Waals surface area contributed by atoms with Crippen molar-refractivity contribution in [2.75, 3.05) is 14.1 Å². The van der Waals surface area contributed by atoms with E-state index in [9.17, 15) is 45.0 Å². The van der Waals surface area contributed by atoms with E-state index in [2.05, 4.69) is 0 Å². The Bertz CT molecular complexity index is 1250. The van der Waals surface area contributed by atoms with Crippen LogP contribution in [0.3, 0.4) is 0 Å². The van der Waals surface area contributed by atoms with Crippen molar-refractivity contribution >= 4 is 34.8 Å². The third-order valence-electron chi connectivity index (χ3n) is 7.30. The van der Waals surface area contributed by atoms with Gasteiger partial charge in [-0.15, -0.1) is 0 Å². The minimum absolute atomic E-state index is 0.0435. The van der Waals surface area contributed by atoms with Crippen LogP contribution < -0.4 is 5.73 Å². The van der Waals surface area contributed by atoms with Gasteiger partial charge in [-0.25, -0.2) is 0 Å². The third kappa shape index (κ3) is 2.58. The summed E-state index contributed by atoms with van der Waals surface area (Å²) in [7, 11) is 2.53. The van der Waals surface area contributed by atoms with Gasteiger partial charge < -0.3 is 36.4 Å². The number of aromatic hydroxyl groups is 1. The number of amides is 1. The van der Waals surface area contributed by atoms with Crippen molar-refractivity contribution in [3.05, 3.63) is 45.2 Å². The lowest BCUT2D eigenvalue weighted by molar-refractivity contribution is -0.209. The number of nitrogens with zero attached hydrogens (tertiary/aromatic N) is 1. The number of carbonyl (C=O) groups is 3. The largest absolute Gasteiger partial charge is 0.507 e. The van der Waals surface area contributed by atoms with Crippen LogP contribution in [-0.4, -0.2) is 78.4 Å². The number of hydrogen-bond donors (Lipinski definition) is 7. The molecule has 1 aromatic carbocycles. The fourth-order valence-corrected chi connectivity index (χ4v) is 5.90. The van der Waals surface area contributed by atoms with Gasteiger partial charge in [0.1, 0.15) is 17.1 Å². The predicted octanol–water partition coefficient (Wildman–Crippen LogP) is -0.398. The van der Waals surface area contributed by atoms with Gasteiger partial charge >= 0.3 is 0 Å². The molecule has 5 atom stereocenters. The van der Waals surface area contributed by atoms with E-state index < -0.39 is 81.1 Å². The van der Waals surface area contributed by atoms with Gasteiger partial charge in [0.2, 0.25) is 11.6 Å². The Morgan fingerprint density at radius 3 is 2.24 bits per heavy atom. The van der Waals surface area contributed by atoms with Crippen LogP contribution >= 0.6 is 11.6 Å². The number of ketones is 2. The summed E-state index contributed by atoms with van der Waals surface area (Å²) < 4.78 is 0. The molecule has 3 aliphatic carbocycles. The first-order valence-electron chi connectivity index (χ1n) is 10.2. The molecule has 1 amide bonds. The molecular formula is C22H23ClN2O9.